The van der Waals surface area contributed by atoms with Crippen molar-refractivity contribution < 1.29 is 13.2 Å². The van der Waals surface area contributed by atoms with Crippen molar-refractivity contribution in [2.24, 2.45) is 17.8 Å². The average molecular weight is 484 g/mol. The van der Waals surface area contributed by atoms with Gasteiger partial charge in [-0.2, -0.15) is 0 Å². The number of thiocarbonyl (C=S) groups is 1. The van der Waals surface area contributed by atoms with Crippen molar-refractivity contribution in [1.82, 2.24) is 4.72 Å². The molecule has 4 aliphatic carbocycles. The van der Waals surface area contributed by atoms with Gasteiger partial charge in [-0.15, -0.1) is 0 Å². The lowest BCUT2D eigenvalue weighted by Gasteiger charge is -2.56. The van der Waals surface area contributed by atoms with Crippen molar-refractivity contribution in [3.8, 4) is 0 Å². The highest BCUT2D eigenvalue weighted by Crippen LogP contribution is 2.55. The molecule has 6 rings (SSSR count). The van der Waals surface area contributed by atoms with Gasteiger partial charge in [0, 0.05) is 22.5 Å². The summed E-state index contributed by atoms with van der Waals surface area (Å²) in [6.07, 6.45) is 6.75. The average Bonchev–Trinajstić information content (AvgIpc) is 2.72. The lowest BCUT2D eigenvalue weighted by Crippen LogP contribution is -2.59. The van der Waals surface area contributed by atoms with E-state index in [1.54, 1.807) is 48.5 Å². The monoisotopic (exact) mass is 483 g/mol. The zero-order valence-electron chi connectivity index (χ0n) is 18.6. The summed E-state index contributed by atoms with van der Waals surface area (Å²) in [7, 11) is -3.58. The van der Waals surface area contributed by atoms with E-state index in [9.17, 15) is 13.2 Å². The topological polar surface area (TPSA) is 87.3 Å². The van der Waals surface area contributed by atoms with Crippen LogP contribution in [0.1, 0.15) is 55.8 Å². The second-order valence-electron chi connectivity index (χ2n) is 10.0. The van der Waals surface area contributed by atoms with Gasteiger partial charge in [-0.3, -0.25) is 4.79 Å². The van der Waals surface area contributed by atoms with Crippen LogP contribution in [0.25, 0.3) is 0 Å². The number of ketones is 1. The fraction of sp³-hybridized carbons (Fsp3) is 0.440. The van der Waals surface area contributed by atoms with Crippen LogP contribution in [0.15, 0.2) is 53.4 Å². The van der Waals surface area contributed by atoms with Crippen molar-refractivity contribution in [2.75, 3.05) is 10.6 Å². The van der Waals surface area contributed by atoms with Crippen LogP contribution in [0.5, 0.6) is 0 Å². The molecule has 0 heterocycles. The van der Waals surface area contributed by atoms with E-state index in [2.05, 4.69) is 15.4 Å². The SMILES string of the molecule is CC(=O)c1ccc(NC(=S)Nc2ccc(S(=O)(=O)NC34CC5CC(CC(C5)C3)C4)cc2)cc1. The van der Waals surface area contributed by atoms with Gasteiger partial charge in [0.05, 0.1) is 4.90 Å². The second-order valence-corrected chi connectivity index (χ2v) is 12.1. The maximum atomic E-state index is 13.2. The molecule has 0 amide bonds. The first kappa shape index (κ1) is 22.5. The molecule has 4 saturated carbocycles. The van der Waals surface area contributed by atoms with Crippen molar-refractivity contribution in [3.05, 3.63) is 54.1 Å². The molecule has 0 unspecified atom stereocenters. The van der Waals surface area contributed by atoms with Crippen LogP contribution in [-0.2, 0) is 10.0 Å². The van der Waals surface area contributed by atoms with Gasteiger partial charge in [0.25, 0.3) is 0 Å². The molecule has 4 fully saturated rings. The molecule has 0 radical (unpaired) electrons. The Bertz CT molecular complexity index is 1140. The van der Waals surface area contributed by atoms with E-state index in [1.165, 1.54) is 26.2 Å². The summed E-state index contributed by atoms with van der Waals surface area (Å²) in [6.45, 7) is 1.52. The highest BCUT2D eigenvalue weighted by atomic mass is 32.2. The Labute approximate surface area is 200 Å². The predicted octanol–water partition coefficient (Wildman–Crippen LogP) is 4.95. The molecule has 8 heteroatoms. The van der Waals surface area contributed by atoms with E-state index >= 15 is 0 Å². The third kappa shape index (κ3) is 4.83. The molecule has 174 valence electrons. The minimum absolute atomic E-state index is 0.00924. The van der Waals surface area contributed by atoms with E-state index in [4.69, 9.17) is 12.2 Å². The fourth-order valence-electron chi connectivity index (χ4n) is 6.38. The van der Waals surface area contributed by atoms with Gasteiger partial charge in [-0.1, -0.05) is 0 Å². The molecule has 3 N–H and O–H groups in total. The molecule has 4 bridgehead atoms. The molecule has 4 aliphatic rings. The normalized spacial score (nSPS) is 27.8. The number of rotatable bonds is 6. The Morgan fingerprint density at radius 3 is 1.76 bits per heavy atom. The standard InChI is InChI=1S/C25H29N3O3S2/c1-16(29)20-2-4-21(5-3-20)26-24(32)27-22-6-8-23(9-7-22)33(30,31)28-25-13-17-10-18(14-25)12-19(11-17)15-25/h2-9,17-19,28H,10-15H2,1H3,(H2,26,27,32). The first-order chi connectivity index (χ1) is 15.7. The zero-order valence-corrected chi connectivity index (χ0v) is 20.3. The van der Waals surface area contributed by atoms with E-state index in [1.807, 2.05) is 0 Å². The Hall–Kier alpha value is -2.29. The van der Waals surface area contributed by atoms with Crippen LogP contribution in [0.4, 0.5) is 11.4 Å². The van der Waals surface area contributed by atoms with Gasteiger partial charge >= 0.3 is 0 Å². The highest BCUT2D eigenvalue weighted by molar-refractivity contribution is 7.89. The summed E-state index contributed by atoms with van der Waals surface area (Å²) in [4.78, 5) is 11.7. The molecule has 0 saturated heterocycles. The van der Waals surface area contributed by atoms with E-state index < -0.39 is 10.0 Å². The smallest absolute Gasteiger partial charge is 0.241 e. The number of carbonyl (C=O) groups excluding carboxylic acids is 1. The fourth-order valence-corrected chi connectivity index (χ4v) is 8.05. The lowest BCUT2D eigenvalue weighted by molar-refractivity contribution is -0.00810. The number of carbonyl (C=O) groups is 1. The molecular formula is C25H29N3O3S2. The van der Waals surface area contributed by atoms with Gasteiger partial charge in [-0.25, -0.2) is 13.1 Å². The molecule has 33 heavy (non-hydrogen) atoms. The Balaban J connectivity index is 1.22. The van der Waals surface area contributed by atoms with Gasteiger partial charge in [0.2, 0.25) is 10.0 Å². The maximum absolute atomic E-state index is 13.2. The van der Waals surface area contributed by atoms with Gasteiger partial charge in [0.1, 0.15) is 0 Å². The van der Waals surface area contributed by atoms with E-state index in [0.717, 1.165) is 24.9 Å². The Morgan fingerprint density at radius 2 is 1.30 bits per heavy atom. The predicted molar refractivity (Wildman–Crippen MR) is 134 cm³/mol. The van der Waals surface area contributed by atoms with Crippen molar-refractivity contribution in [2.45, 2.75) is 55.9 Å². The van der Waals surface area contributed by atoms with E-state index in [0.29, 0.717) is 34.1 Å². The Morgan fingerprint density at radius 1 is 0.848 bits per heavy atom. The number of hydrogen-bond acceptors (Lipinski definition) is 4. The minimum Gasteiger partial charge on any atom is -0.332 e. The van der Waals surface area contributed by atoms with Crippen molar-refractivity contribution in [3.63, 3.8) is 0 Å². The summed E-state index contributed by atoms with van der Waals surface area (Å²) < 4.78 is 29.5. The van der Waals surface area contributed by atoms with Crippen molar-refractivity contribution in [1.29, 1.82) is 0 Å². The molecule has 0 aromatic heterocycles. The molecule has 0 aliphatic heterocycles. The molecule has 2 aromatic carbocycles. The lowest BCUT2D eigenvalue weighted by atomic mass is 9.53. The third-order valence-corrected chi connectivity index (χ3v) is 9.16. The first-order valence-electron chi connectivity index (χ1n) is 11.5. The summed E-state index contributed by atoms with van der Waals surface area (Å²) >= 11 is 5.36. The first-order valence-corrected chi connectivity index (χ1v) is 13.4. The van der Waals surface area contributed by atoms with Gasteiger partial charge in [-0.05, 0) is 124 Å². The number of Topliss-reactive ketones (excluding diaryl/α,β-unsaturated/α-hetero) is 1. The van der Waals surface area contributed by atoms with E-state index in [-0.39, 0.29) is 16.2 Å². The summed E-state index contributed by atoms with van der Waals surface area (Å²) in [6, 6.07) is 13.7. The minimum atomic E-state index is -3.58. The molecule has 2 aromatic rings. The summed E-state index contributed by atoms with van der Waals surface area (Å²) in [5.74, 6) is 2.04. The van der Waals surface area contributed by atoms with Crippen LogP contribution in [-0.4, -0.2) is 24.9 Å². The number of anilines is 2. The molecule has 0 spiro atoms. The quantitative estimate of drug-likeness (QED) is 0.398. The zero-order chi connectivity index (χ0) is 23.2. The molecule has 6 nitrogen and oxygen atoms in total. The number of hydrogen-bond donors (Lipinski definition) is 3. The highest BCUT2D eigenvalue weighted by Gasteiger charge is 2.52. The van der Waals surface area contributed by atoms with Gasteiger partial charge < -0.3 is 10.6 Å². The number of sulfonamides is 1. The third-order valence-electron chi connectivity index (χ3n) is 7.36. The van der Waals surface area contributed by atoms with Crippen molar-refractivity contribution >= 4 is 44.5 Å². The van der Waals surface area contributed by atoms with Crippen LogP contribution in [0, 0.1) is 17.8 Å². The largest absolute Gasteiger partial charge is 0.332 e. The number of nitrogens with one attached hydrogen (secondary N) is 3. The molecule has 0 atom stereocenters. The number of benzene rings is 2. The Kier molecular flexibility index (Phi) is 5.79. The van der Waals surface area contributed by atoms with Crippen LogP contribution in [0.3, 0.4) is 0 Å². The summed E-state index contributed by atoms with van der Waals surface area (Å²) in [5, 5.41) is 6.52. The molecular weight excluding hydrogens is 454 g/mol. The van der Waals surface area contributed by atoms with Crippen LogP contribution in [0.2, 0.25) is 0 Å². The summed E-state index contributed by atoms with van der Waals surface area (Å²) in [5.41, 5.74) is 1.84. The second kappa shape index (κ2) is 8.49. The van der Waals surface area contributed by atoms with Crippen LogP contribution >= 0.6 is 12.2 Å². The van der Waals surface area contributed by atoms with Crippen LogP contribution < -0.4 is 15.4 Å². The maximum Gasteiger partial charge on any atom is 0.241 e. The van der Waals surface area contributed by atoms with Gasteiger partial charge in [0.15, 0.2) is 10.9 Å².